The first kappa shape index (κ1) is 14.8. The Labute approximate surface area is 128 Å². The molecule has 3 rings (SSSR count). The summed E-state index contributed by atoms with van der Waals surface area (Å²) in [6, 6.07) is 5.96. The zero-order valence-corrected chi connectivity index (χ0v) is 12.2. The highest BCUT2D eigenvalue weighted by molar-refractivity contribution is 5.79. The number of piperidine rings is 1. The summed E-state index contributed by atoms with van der Waals surface area (Å²) in [7, 11) is 0. The van der Waals surface area contributed by atoms with E-state index in [1.807, 2.05) is 0 Å². The van der Waals surface area contributed by atoms with Crippen molar-refractivity contribution in [2.24, 2.45) is 0 Å². The number of nitrogens with zero attached hydrogens (tertiary/aromatic N) is 1. The van der Waals surface area contributed by atoms with Crippen LogP contribution in [0.5, 0.6) is 0 Å². The van der Waals surface area contributed by atoms with E-state index in [1.165, 1.54) is 12.1 Å². The van der Waals surface area contributed by atoms with E-state index >= 15 is 0 Å². The summed E-state index contributed by atoms with van der Waals surface area (Å²) < 4.78 is 12.8. The van der Waals surface area contributed by atoms with Crippen LogP contribution in [-0.4, -0.2) is 40.1 Å². The van der Waals surface area contributed by atoms with Crippen LogP contribution < -0.4 is 5.32 Å². The van der Waals surface area contributed by atoms with E-state index in [0.717, 1.165) is 18.4 Å². The van der Waals surface area contributed by atoms with Gasteiger partial charge in [0.2, 0.25) is 5.91 Å². The molecule has 2 heterocycles. The molecule has 6 heteroatoms. The van der Waals surface area contributed by atoms with Gasteiger partial charge in [-0.25, -0.2) is 9.18 Å². The van der Waals surface area contributed by atoms with Crippen molar-refractivity contribution in [3.05, 3.63) is 35.6 Å². The van der Waals surface area contributed by atoms with Crippen molar-refractivity contribution >= 4 is 12.0 Å². The lowest BCUT2D eigenvalue weighted by Gasteiger charge is -2.37. The molecule has 0 unspecified atom stereocenters. The second-order valence-electron chi connectivity index (χ2n) is 6.11. The van der Waals surface area contributed by atoms with Crippen molar-refractivity contribution in [1.29, 1.82) is 0 Å². The number of carbonyl (C=O) groups excluding carboxylic acids is 1. The van der Waals surface area contributed by atoms with Gasteiger partial charge in [-0.15, -0.1) is 0 Å². The third kappa shape index (κ3) is 3.05. The average Bonchev–Trinajstić information content (AvgIpc) is 2.74. The van der Waals surface area contributed by atoms with Gasteiger partial charge >= 0.3 is 6.09 Å². The Morgan fingerprint density at radius 3 is 2.32 bits per heavy atom. The molecule has 2 N–H and O–H groups in total. The van der Waals surface area contributed by atoms with Gasteiger partial charge in [-0.05, 0) is 43.4 Å². The van der Waals surface area contributed by atoms with Crippen molar-refractivity contribution in [2.75, 3.05) is 0 Å². The van der Waals surface area contributed by atoms with Gasteiger partial charge in [0, 0.05) is 18.1 Å². The monoisotopic (exact) mass is 306 g/mol. The minimum atomic E-state index is -0.858. The summed E-state index contributed by atoms with van der Waals surface area (Å²) in [5.74, 6) is -0.415. The van der Waals surface area contributed by atoms with E-state index < -0.39 is 6.09 Å². The first-order chi connectivity index (χ1) is 10.5. The third-order valence-electron chi connectivity index (χ3n) is 4.60. The molecule has 5 nitrogen and oxygen atoms in total. The average molecular weight is 306 g/mol. The molecule has 0 aliphatic carbocycles. The molecule has 2 saturated heterocycles. The Hall–Kier alpha value is -2.11. The number of nitrogens with one attached hydrogen (secondary N) is 1. The normalized spacial score (nSPS) is 26.8. The van der Waals surface area contributed by atoms with Crippen molar-refractivity contribution in [2.45, 2.75) is 50.2 Å². The topological polar surface area (TPSA) is 69.6 Å². The molecule has 2 aliphatic heterocycles. The van der Waals surface area contributed by atoms with E-state index in [0.29, 0.717) is 12.8 Å². The molecule has 0 saturated carbocycles. The SMILES string of the molecule is O=C(Cc1ccc(F)cc1)N[C@H]1C[C@H]2CC[C@@H](C1)N2C(=O)O. The van der Waals surface area contributed by atoms with Crippen LogP contribution in [0.1, 0.15) is 31.2 Å². The first-order valence-corrected chi connectivity index (χ1v) is 7.58. The molecular weight excluding hydrogens is 287 g/mol. The number of rotatable bonds is 3. The molecular formula is C16H19FN2O3. The summed E-state index contributed by atoms with van der Waals surface area (Å²) in [6.07, 6.45) is 2.47. The summed E-state index contributed by atoms with van der Waals surface area (Å²) in [4.78, 5) is 24.8. The van der Waals surface area contributed by atoms with E-state index in [2.05, 4.69) is 5.32 Å². The molecule has 0 radical (unpaired) electrons. The molecule has 3 atom stereocenters. The van der Waals surface area contributed by atoms with Gasteiger partial charge in [0.25, 0.3) is 0 Å². The summed E-state index contributed by atoms with van der Waals surface area (Å²) in [5, 5.41) is 12.2. The number of carbonyl (C=O) groups is 2. The largest absolute Gasteiger partial charge is 0.465 e. The van der Waals surface area contributed by atoms with Crippen LogP contribution in [0, 0.1) is 5.82 Å². The van der Waals surface area contributed by atoms with Gasteiger partial charge in [-0.3, -0.25) is 4.79 Å². The van der Waals surface area contributed by atoms with E-state index in [9.17, 15) is 19.1 Å². The Balaban J connectivity index is 1.55. The van der Waals surface area contributed by atoms with Crippen LogP contribution in [0.3, 0.4) is 0 Å². The van der Waals surface area contributed by atoms with Gasteiger partial charge in [0.05, 0.1) is 6.42 Å². The minimum absolute atomic E-state index is 0.0207. The van der Waals surface area contributed by atoms with Gasteiger partial charge in [0.1, 0.15) is 5.82 Å². The maximum Gasteiger partial charge on any atom is 0.407 e. The highest BCUT2D eigenvalue weighted by Gasteiger charge is 2.43. The van der Waals surface area contributed by atoms with Gasteiger partial charge in [-0.1, -0.05) is 12.1 Å². The summed E-state index contributed by atoms with van der Waals surface area (Å²) in [6.45, 7) is 0. The third-order valence-corrected chi connectivity index (χ3v) is 4.60. The number of amides is 2. The molecule has 22 heavy (non-hydrogen) atoms. The molecule has 2 aliphatic rings. The standard InChI is InChI=1S/C16H19FN2O3/c17-11-3-1-10(2-4-11)7-15(20)18-12-8-13-5-6-14(9-12)19(13)16(21)22/h1-4,12-14H,5-9H2,(H,18,20)(H,21,22)/t12-,13+,14-. The van der Waals surface area contributed by atoms with Crippen LogP contribution in [0.4, 0.5) is 9.18 Å². The van der Waals surface area contributed by atoms with Gasteiger partial charge in [-0.2, -0.15) is 0 Å². The first-order valence-electron chi connectivity index (χ1n) is 7.58. The molecule has 1 aromatic carbocycles. The van der Waals surface area contributed by atoms with Crippen molar-refractivity contribution in [3.63, 3.8) is 0 Å². The fourth-order valence-corrected chi connectivity index (χ4v) is 3.67. The molecule has 2 fully saturated rings. The van der Waals surface area contributed by atoms with E-state index in [4.69, 9.17) is 0 Å². The van der Waals surface area contributed by atoms with Gasteiger partial charge < -0.3 is 15.3 Å². The molecule has 2 amide bonds. The number of halogens is 1. The zero-order valence-electron chi connectivity index (χ0n) is 12.2. The lowest BCUT2D eigenvalue weighted by molar-refractivity contribution is -0.121. The van der Waals surface area contributed by atoms with E-state index in [1.54, 1.807) is 17.0 Å². The fraction of sp³-hybridized carbons (Fsp3) is 0.500. The number of fused-ring (bicyclic) bond motifs is 2. The number of carboxylic acid groups (broad SMARTS) is 1. The molecule has 0 aromatic heterocycles. The van der Waals surface area contributed by atoms with Crippen LogP contribution in [0.2, 0.25) is 0 Å². The Bertz CT molecular complexity index is 561. The molecule has 118 valence electrons. The maximum atomic E-state index is 12.8. The lowest BCUT2D eigenvalue weighted by Crippen LogP contribution is -2.52. The minimum Gasteiger partial charge on any atom is -0.465 e. The Kier molecular flexibility index (Phi) is 4.00. The molecule has 2 bridgehead atoms. The molecule has 0 spiro atoms. The van der Waals surface area contributed by atoms with Crippen LogP contribution in [-0.2, 0) is 11.2 Å². The highest BCUT2D eigenvalue weighted by Crippen LogP contribution is 2.35. The highest BCUT2D eigenvalue weighted by atomic mass is 19.1. The zero-order chi connectivity index (χ0) is 15.7. The predicted octanol–water partition coefficient (Wildman–Crippen LogP) is 2.16. The second kappa shape index (κ2) is 5.94. The quantitative estimate of drug-likeness (QED) is 0.899. The fourth-order valence-electron chi connectivity index (χ4n) is 3.67. The van der Waals surface area contributed by atoms with Crippen LogP contribution in [0.25, 0.3) is 0 Å². The molecule has 1 aromatic rings. The number of hydrogen-bond acceptors (Lipinski definition) is 2. The predicted molar refractivity (Wildman–Crippen MR) is 77.9 cm³/mol. The Morgan fingerprint density at radius 2 is 1.77 bits per heavy atom. The number of benzene rings is 1. The van der Waals surface area contributed by atoms with Crippen LogP contribution >= 0.6 is 0 Å². The van der Waals surface area contributed by atoms with Crippen molar-refractivity contribution < 1.29 is 19.1 Å². The van der Waals surface area contributed by atoms with Crippen molar-refractivity contribution in [3.8, 4) is 0 Å². The van der Waals surface area contributed by atoms with Crippen molar-refractivity contribution in [1.82, 2.24) is 10.2 Å². The second-order valence-corrected chi connectivity index (χ2v) is 6.11. The summed E-state index contributed by atoms with van der Waals surface area (Å²) in [5.41, 5.74) is 0.768. The van der Waals surface area contributed by atoms with Crippen LogP contribution in [0.15, 0.2) is 24.3 Å². The van der Waals surface area contributed by atoms with Gasteiger partial charge in [0.15, 0.2) is 0 Å². The number of hydrogen-bond donors (Lipinski definition) is 2. The maximum absolute atomic E-state index is 12.8. The lowest BCUT2D eigenvalue weighted by atomic mass is 9.97. The Morgan fingerprint density at radius 1 is 1.18 bits per heavy atom. The smallest absolute Gasteiger partial charge is 0.407 e. The van der Waals surface area contributed by atoms with E-state index in [-0.39, 0.29) is 36.3 Å². The summed E-state index contributed by atoms with van der Waals surface area (Å²) >= 11 is 0.